The molecule has 0 bridgehead atoms. The summed E-state index contributed by atoms with van der Waals surface area (Å²) in [6.07, 6.45) is 1.12. The average Bonchev–Trinajstić information content (AvgIpc) is 2.39. The summed E-state index contributed by atoms with van der Waals surface area (Å²) >= 11 is 6.49. The Morgan fingerprint density at radius 1 is 0.833 bits per heavy atom. The third-order valence-electron chi connectivity index (χ3n) is 3.01. The van der Waals surface area contributed by atoms with Gasteiger partial charge in [-0.2, -0.15) is 0 Å². The molecule has 0 aliphatic heterocycles. The van der Waals surface area contributed by atoms with Gasteiger partial charge in [0.1, 0.15) is 0 Å². The summed E-state index contributed by atoms with van der Waals surface area (Å²) in [4.78, 5) is 0. The zero-order chi connectivity index (χ0) is 13.0. The van der Waals surface area contributed by atoms with Crippen LogP contribution in [0.25, 0.3) is 0 Å². The molecule has 94 valence electrons. The van der Waals surface area contributed by atoms with E-state index in [1.807, 2.05) is 18.2 Å². The van der Waals surface area contributed by atoms with E-state index in [1.54, 1.807) is 0 Å². The van der Waals surface area contributed by atoms with E-state index in [-0.39, 0.29) is 5.38 Å². The van der Waals surface area contributed by atoms with Crippen molar-refractivity contribution < 1.29 is 0 Å². The van der Waals surface area contributed by atoms with E-state index in [9.17, 15) is 0 Å². The molecule has 0 saturated carbocycles. The third-order valence-corrected chi connectivity index (χ3v) is 3.51. The number of rotatable bonds is 4. The van der Waals surface area contributed by atoms with Crippen LogP contribution in [0.1, 0.15) is 35.9 Å². The van der Waals surface area contributed by atoms with Crippen LogP contribution in [-0.2, 0) is 6.42 Å². The van der Waals surface area contributed by atoms with Crippen molar-refractivity contribution >= 4 is 11.6 Å². The van der Waals surface area contributed by atoms with Crippen molar-refractivity contribution in [3.63, 3.8) is 0 Å². The van der Waals surface area contributed by atoms with Crippen molar-refractivity contribution in [3.8, 4) is 0 Å². The molecule has 2 aromatic carbocycles. The third kappa shape index (κ3) is 3.36. The molecule has 0 fully saturated rings. The van der Waals surface area contributed by atoms with Gasteiger partial charge in [0.15, 0.2) is 0 Å². The molecule has 1 atom stereocenters. The van der Waals surface area contributed by atoms with E-state index in [1.165, 1.54) is 5.56 Å². The highest BCUT2D eigenvalue weighted by atomic mass is 35.5. The van der Waals surface area contributed by atoms with Gasteiger partial charge in [0.25, 0.3) is 0 Å². The average molecular weight is 259 g/mol. The molecule has 0 radical (unpaired) electrons. The maximum Gasteiger partial charge on any atom is 0.0835 e. The fourth-order valence-electron chi connectivity index (χ4n) is 2.11. The zero-order valence-corrected chi connectivity index (χ0v) is 11.7. The summed E-state index contributed by atoms with van der Waals surface area (Å²) in [5, 5.41) is -0.0562. The predicted octanol–water partition coefficient (Wildman–Crippen LogP) is 5.21. The van der Waals surface area contributed by atoms with E-state index in [4.69, 9.17) is 11.6 Å². The molecule has 0 aliphatic rings. The van der Waals surface area contributed by atoms with Gasteiger partial charge in [-0.1, -0.05) is 68.4 Å². The number of alkyl halides is 1. The van der Waals surface area contributed by atoms with Crippen LogP contribution in [0.2, 0.25) is 0 Å². The van der Waals surface area contributed by atoms with Crippen molar-refractivity contribution in [1.82, 2.24) is 0 Å². The Kier molecular flexibility index (Phi) is 4.43. The minimum Gasteiger partial charge on any atom is -0.113 e. The van der Waals surface area contributed by atoms with Gasteiger partial charge in [-0.05, 0) is 29.0 Å². The Morgan fingerprint density at radius 3 is 1.94 bits per heavy atom. The van der Waals surface area contributed by atoms with Crippen molar-refractivity contribution in [3.05, 3.63) is 71.3 Å². The molecule has 1 unspecified atom stereocenters. The van der Waals surface area contributed by atoms with Gasteiger partial charge in [0, 0.05) is 0 Å². The fraction of sp³-hybridized carbons (Fsp3) is 0.294. The lowest BCUT2D eigenvalue weighted by Gasteiger charge is -2.11. The molecule has 0 nitrogen and oxygen atoms in total. The molecule has 2 rings (SSSR count). The SMILES string of the molecule is CC(C)Cc1ccc(C(Cl)c2ccccc2)cc1. The lowest BCUT2D eigenvalue weighted by atomic mass is 9.99. The van der Waals surface area contributed by atoms with E-state index in [0.717, 1.165) is 17.5 Å². The zero-order valence-electron chi connectivity index (χ0n) is 10.9. The Bertz CT molecular complexity index is 471. The largest absolute Gasteiger partial charge is 0.113 e. The predicted molar refractivity (Wildman–Crippen MR) is 79.1 cm³/mol. The molecule has 0 aromatic heterocycles. The maximum absolute atomic E-state index is 6.49. The molecule has 0 heterocycles. The van der Waals surface area contributed by atoms with Crippen molar-refractivity contribution in [2.45, 2.75) is 25.6 Å². The van der Waals surface area contributed by atoms with Gasteiger partial charge < -0.3 is 0 Å². The second-order valence-electron chi connectivity index (χ2n) is 5.11. The second-order valence-corrected chi connectivity index (χ2v) is 5.55. The highest BCUT2D eigenvalue weighted by molar-refractivity contribution is 6.22. The first kappa shape index (κ1) is 13.2. The summed E-state index contributed by atoms with van der Waals surface area (Å²) in [6, 6.07) is 18.9. The van der Waals surface area contributed by atoms with Crippen molar-refractivity contribution in [2.75, 3.05) is 0 Å². The van der Waals surface area contributed by atoms with E-state index in [0.29, 0.717) is 5.92 Å². The van der Waals surface area contributed by atoms with Gasteiger partial charge in [0.2, 0.25) is 0 Å². The molecule has 1 heteroatoms. The Morgan fingerprint density at radius 2 is 1.39 bits per heavy atom. The summed E-state index contributed by atoms with van der Waals surface area (Å²) in [5.74, 6) is 0.691. The minimum atomic E-state index is -0.0562. The van der Waals surface area contributed by atoms with Gasteiger partial charge in [-0.25, -0.2) is 0 Å². The van der Waals surface area contributed by atoms with Crippen molar-refractivity contribution in [1.29, 1.82) is 0 Å². The molecule has 0 aliphatic carbocycles. The number of halogens is 1. The summed E-state index contributed by atoms with van der Waals surface area (Å²) < 4.78 is 0. The van der Waals surface area contributed by atoms with Crippen LogP contribution in [0.5, 0.6) is 0 Å². The standard InChI is InChI=1S/C17H19Cl/c1-13(2)12-14-8-10-16(11-9-14)17(18)15-6-4-3-5-7-15/h3-11,13,17H,12H2,1-2H3. The lowest BCUT2D eigenvalue weighted by Crippen LogP contribution is -1.96. The first-order valence-corrected chi connectivity index (χ1v) is 6.88. The molecule has 0 amide bonds. The molecule has 18 heavy (non-hydrogen) atoms. The van der Waals surface area contributed by atoms with Gasteiger partial charge in [0.05, 0.1) is 5.38 Å². The first-order chi connectivity index (χ1) is 8.66. The number of hydrogen-bond donors (Lipinski definition) is 0. The highest BCUT2D eigenvalue weighted by Gasteiger charge is 2.09. The van der Waals surface area contributed by atoms with Crippen LogP contribution in [0.15, 0.2) is 54.6 Å². The molecule has 0 saturated heterocycles. The maximum atomic E-state index is 6.49. The van der Waals surface area contributed by atoms with Gasteiger partial charge >= 0.3 is 0 Å². The van der Waals surface area contributed by atoms with Crippen LogP contribution >= 0.6 is 11.6 Å². The quantitative estimate of drug-likeness (QED) is 0.660. The molecular weight excluding hydrogens is 240 g/mol. The van der Waals surface area contributed by atoms with E-state index in [2.05, 4.69) is 50.2 Å². The molecule has 0 N–H and O–H groups in total. The summed E-state index contributed by atoms with van der Waals surface area (Å²) in [6.45, 7) is 4.48. The van der Waals surface area contributed by atoms with Gasteiger partial charge in [-0.3, -0.25) is 0 Å². The fourth-order valence-corrected chi connectivity index (χ4v) is 2.40. The number of benzene rings is 2. The van der Waals surface area contributed by atoms with Crippen LogP contribution in [-0.4, -0.2) is 0 Å². The lowest BCUT2D eigenvalue weighted by molar-refractivity contribution is 0.647. The highest BCUT2D eigenvalue weighted by Crippen LogP contribution is 2.28. The summed E-state index contributed by atoms with van der Waals surface area (Å²) in [5.41, 5.74) is 3.69. The van der Waals surface area contributed by atoms with Gasteiger partial charge in [-0.15, -0.1) is 11.6 Å². The monoisotopic (exact) mass is 258 g/mol. The Hall–Kier alpha value is -1.27. The van der Waals surface area contributed by atoms with E-state index < -0.39 is 0 Å². The summed E-state index contributed by atoms with van der Waals surface area (Å²) in [7, 11) is 0. The molecule has 0 spiro atoms. The number of hydrogen-bond acceptors (Lipinski definition) is 0. The topological polar surface area (TPSA) is 0 Å². The first-order valence-electron chi connectivity index (χ1n) is 6.44. The van der Waals surface area contributed by atoms with Crippen LogP contribution in [0, 0.1) is 5.92 Å². The normalized spacial score (nSPS) is 12.7. The van der Waals surface area contributed by atoms with Crippen LogP contribution < -0.4 is 0 Å². The van der Waals surface area contributed by atoms with Crippen LogP contribution in [0.4, 0.5) is 0 Å². The second kappa shape index (κ2) is 6.06. The Balaban J connectivity index is 2.14. The Labute approximate surface area is 115 Å². The minimum absolute atomic E-state index is 0.0562. The smallest absolute Gasteiger partial charge is 0.0835 e. The van der Waals surface area contributed by atoms with E-state index >= 15 is 0 Å². The molecular formula is C17H19Cl. The molecule has 2 aromatic rings. The van der Waals surface area contributed by atoms with Crippen LogP contribution in [0.3, 0.4) is 0 Å². The van der Waals surface area contributed by atoms with Crippen molar-refractivity contribution in [2.24, 2.45) is 5.92 Å².